The Morgan fingerprint density at radius 1 is 1.30 bits per heavy atom. The predicted molar refractivity (Wildman–Crippen MR) is 71.6 cm³/mol. The third-order valence-corrected chi connectivity index (χ3v) is 3.47. The Morgan fingerprint density at radius 3 is 2.50 bits per heavy atom. The van der Waals surface area contributed by atoms with Crippen molar-refractivity contribution >= 4 is 29.6 Å². The monoisotopic (exact) mass is 297 g/mol. The zero-order valence-electron chi connectivity index (χ0n) is 10.5. The van der Waals surface area contributed by atoms with Gasteiger partial charge in [0.05, 0.1) is 15.5 Å². The molecule has 1 aromatic carbocycles. The fraction of sp³-hybridized carbons (Fsp3) is 0.333. The minimum atomic E-state index is -0.572. The van der Waals surface area contributed by atoms with E-state index in [2.05, 4.69) is 0 Å². The van der Waals surface area contributed by atoms with Crippen LogP contribution in [-0.4, -0.2) is 53.2 Å². The first kappa shape index (κ1) is 14.3. The standard InChI is InChI=1S/C12H12ClN3O4/c13-11-2-1-9(16(19)20)7-10(11)12(18)15-5-3-14(8-17)4-6-15/h1-2,7-8H,3-6H2. The number of nitrogens with zero attached hydrogens (tertiary/aromatic N) is 3. The van der Waals surface area contributed by atoms with Gasteiger partial charge in [-0.2, -0.15) is 0 Å². The molecule has 0 unspecified atom stereocenters. The SMILES string of the molecule is O=CN1CCN(C(=O)c2cc([N+](=O)[O-])ccc2Cl)CC1. The Labute approximate surface area is 119 Å². The van der Waals surface area contributed by atoms with Gasteiger partial charge in [-0.15, -0.1) is 0 Å². The number of nitro benzene ring substituents is 1. The van der Waals surface area contributed by atoms with Gasteiger partial charge >= 0.3 is 0 Å². The molecule has 106 valence electrons. The first-order valence-corrected chi connectivity index (χ1v) is 6.33. The summed E-state index contributed by atoms with van der Waals surface area (Å²) in [6.45, 7) is 1.66. The third-order valence-electron chi connectivity index (χ3n) is 3.14. The lowest BCUT2D eigenvalue weighted by Crippen LogP contribution is -2.48. The summed E-state index contributed by atoms with van der Waals surface area (Å²) in [5, 5.41) is 10.9. The zero-order valence-corrected chi connectivity index (χ0v) is 11.2. The largest absolute Gasteiger partial charge is 0.342 e. The van der Waals surface area contributed by atoms with E-state index in [9.17, 15) is 19.7 Å². The minimum absolute atomic E-state index is 0.111. The average Bonchev–Trinajstić information content (AvgIpc) is 2.47. The Bertz CT molecular complexity index is 556. The smallest absolute Gasteiger partial charge is 0.270 e. The first-order chi connectivity index (χ1) is 9.52. The number of halogens is 1. The normalized spacial score (nSPS) is 15.1. The van der Waals surface area contributed by atoms with Gasteiger partial charge in [-0.05, 0) is 6.07 Å². The van der Waals surface area contributed by atoms with E-state index < -0.39 is 4.92 Å². The maximum atomic E-state index is 12.3. The molecule has 0 N–H and O–H groups in total. The van der Waals surface area contributed by atoms with Crippen molar-refractivity contribution in [2.24, 2.45) is 0 Å². The molecule has 7 nitrogen and oxygen atoms in total. The van der Waals surface area contributed by atoms with Crippen LogP contribution in [0.25, 0.3) is 0 Å². The second-order valence-corrected chi connectivity index (χ2v) is 4.76. The molecule has 1 fully saturated rings. The van der Waals surface area contributed by atoms with Crippen molar-refractivity contribution in [3.8, 4) is 0 Å². The van der Waals surface area contributed by atoms with Crippen LogP contribution in [0.3, 0.4) is 0 Å². The topological polar surface area (TPSA) is 83.8 Å². The van der Waals surface area contributed by atoms with Gasteiger partial charge in [0.2, 0.25) is 6.41 Å². The number of rotatable bonds is 3. The van der Waals surface area contributed by atoms with E-state index in [0.717, 1.165) is 6.41 Å². The maximum absolute atomic E-state index is 12.3. The summed E-state index contributed by atoms with van der Waals surface area (Å²) in [5.74, 6) is -0.357. The van der Waals surface area contributed by atoms with Gasteiger partial charge < -0.3 is 9.80 Å². The molecular formula is C12H12ClN3O4. The summed E-state index contributed by atoms with van der Waals surface area (Å²) in [5.41, 5.74) is -0.0651. The lowest BCUT2D eigenvalue weighted by Gasteiger charge is -2.32. The van der Waals surface area contributed by atoms with Crippen LogP contribution < -0.4 is 0 Å². The van der Waals surface area contributed by atoms with Gasteiger partial charge in [0, 0.05) is 38.3 Å². The van der Waals surface area contributed by atoms with Gasteiger partial charge in [0.25, 0.3) is 11.6 Å². The number of nitro groups is 1. The Hall–Kier alpha value is -2.15. The minimum Gasteiger partial charge on any atom is -0.342 e. The van der Waals surface area contributed by atoms with Gasteiger partial charge in [-0.3, -0.25) is 19.7 Å². The van der Waals surface area contributed by atoms with E-state index in [-0.39, 0.29) is 22.2 Å². The van der Waals surface area contributed by atoms with Crippen molar-refractivity contribution in [3.05, 3.63) is 38.9 Å². The molecule has 0 radical (unpaired) electrons. The van der Waals surface area contributed by atoms with Crippen LogP contribution >= 0.6 is 11.6 Å². The highest BCUT2D eigenvalue weighted by Crippen LogP contribution is 2.23. The second-order valence-electron chi connectivity index (χ2n) is 4.35. The molecule has 0 saturated carbocycles. The first-order valence-electron chi connectivity index (χ1n) is 5.95. The number of benzene rings is 1. The van der Waals surface area contributed by atoms with Gasteiger partial charge in [-0.1, -0.05) is 11.6 Å². The molecule has 20 heavy (non-hydrogen) atoms. The molecular weight excluding hydrogens is 286 g/mol. The van der Waals surface area contributed by atoms with Crippen LogP contribution in [0.5, 0.6) is 0 Å². The van der Waals surface area contributed by atoms with E-state index in [1.165, 1.54) is 23.1 Å². The van der Waals surface area contributed by atoms with E-state index in [0.29, 0.717) is 26.2 Å². The summed E-state index contributed by atoms with van der Waals surface area (Å²) in [6.07, 6.45) is 0.738. The molecule has 0 atom stereocenters. The molecule has 0 bridgehead atoms. The van der Waals surface area contributed by atoms with Crippen molar-refractivity contribution < 1.29 is 14.5 Å². The molecule has 0 aliphatic carbocycles. The summed E-state index contributed by atoms with van der Waals surface area (Å²) < 4.78 is 0. The third kappa shape index (κ3) is 2.88. The molecule has 8 heteroatoms. The number of hydrogen-bond acceptors (Lipinski definition) is 4. The van der Waals surface area contributed by atoms with Gasteiger partial charge in [0.15, 0.2) is 0 Å². The maximum Gasteiger partial charge on any atom is 0.270 e. The molecule has 1 aliphatic rings. The van der Waals surface area contributed by atoms with Crippen molar-refractivity contribution in [2.75, 3.05) is 26.2 Å². The Morgan fingerprint density at radius 2 is 1.95 bits per heavy atom. The lowest BCUT2D eigenvalue weighted by atomic mass is 10.1. The number of amides is 2. The number of carbonyl (C=O) groups excluding carboxylic acids is 2. The molecule has 1 aliphatic heterocycles. The average molecular weight is 298 g/mol. The van der Waals surface area contributed by atoms with Crippen LogP contribution in [0, 0.1) is 10.1 Å². The van der Waals surface area contributed by atoms with Crippen molar-refractivity contribution in [3.63, 3.8) is 0 Å². The summed E-state index contributed by atoms with van der Waals surface area (Å²) in [6, 6.07) is 3.77. The summed E-state index contributed by atoms with van der Waals surface area (Å²) in [7, 11) is 0. The van der Waals surface area contributed by atoms with Gasteiger partial charge in [-0.25, -0.2) is 0 Å². The quantitative estimate of drug-likeness (QED) is 0.476. The van der Waals surface area contributed by atoms with E-state index in [1.54, 1.807) is 4.90 Å². The lowest BCUT2D eigenvalue weighted by molar-refractivity contribution is -0.384. The fourth-order valence-corrected chi connectivity index (χ4v) is 2.19. The number of hydrogen-bond donors (Lipinski definition) is 0. The van der Waals surface area contributed by atoms with Crippen LogP contribution in [0.15, 0.2) is 18.2 Å². The van der Waals surface area contributed by atoms with Crippen LogP contribution in [0.1, 0.15) is 10.4 Å². The van der Waals surface area contributed by atoms with Crippen molar-refractivity contribution in [2.45, 2.75) is 0 Å². The number of non-ortho nitro benzene ring substituents is 1. The van der Waals surface area contributed by atoms with Gasteiger partial charge in [0.1, 0.15) is 0 Å². The molecule has 1 aromatic rings. The van der Waals surface area contributed by atoms with Crippen LogP contribution in [-0.2, 0) is 4.79 Å². The highest BCUT2D eigenvalue weighted by atomic mass is 35.5. The fourth-order valence-electron chi connectivity index (χ4n) is 1.99. The van der Waals surface area contributed by atoms with E-state index in [4.69, 9.17) is 11.6 Å². The Balaban J connectivity index is 2.19. The molecule has 0 aromatic heterocycles. The predicted octanol–water partition coefficient (Wildman–Crippen LogP) is 1.16. The molecule has 2 rings (SSSR count). The number of piperazine rings is 1. The van der Waals surface area contributed by atoms with Crippen LogP contribution in [0.4, 0.5) is 5.69 Å². The molecule has 2 amide bonds. The number of carbonyl (C=O) groups is 2. The highest BCUT2D eigenvalue weighted by molar-refractivity contribution is 6.33. The molecule has 1 heterocycles. The van der Waals surface area contributed by atoms with Crippen molar-refractivity contribution in [1.29, 1.82) is 0 Å². The molecule has 0 spiro atoms. The summed E-state index contributed by atoms with van der Waals surface area (Å²) >= 11 is 5.93. The van der Waals surface area contributed by atoms with E-state index in [1.807, 2.05) is 0 Å². The molecule has 1 saturated heterocycles. The second kappa shape index (κ2) is 5.87. The van der Waals surface area contributed by atoms with E-state index >= 15 is 0 Å². The highest BCUT2D eigenvalue weighted by Gasteiger charge is 2.24. The summed E-state index contributed by atoms with van der Waals surface area (Å²) in [4.78, 5) is 36.2. The van der Waals surface area contributed by atoms with Crippen LogP contribution in [0.2, 0.25) is 5.02 Å². The Kier molecular flexibility index (Phi) is 4.19. The zero-order chi connectivity index (χ0) is 14.7. The van der Waals surface area contributed by atoms with Crippen molar-refractivity contribution in [1.82, 2.24) is 9.80 Å².